The van der Waals surface area contributed by atoms with Gasteiger partial charge < -0.3 is 30.0 Å². The van der Waals surface area contributed by atoms with Crippen LogP contribution in [0, 0.1) is 27.7 Å². The summed E-state index contributed by atoms with van der Waals surface area (Å²) in [5, 5.41) is 51.6. The summed E-state index contributed by atoms with van der Waals surface area (Å²) in [5.41, 5.74) is 6.47. The molecule has 2 aliphatic rings. The van der Waals surface area contributed by atoms with Crippen LogP contribution in [0.4, 0.5) is 0 Å². The van der Waals surface area contributed by atoms with E-state index in [1.54, 1.807) is 0 Å². The minimum atomic E-state index is 0. The average Bonchev–Trinajstić information content (AvgIpc) is 3.43. The smallest absolute Gasteiger partial charge is 0.545 e. The molecule has 398 valence electrons. The maximum Gasteiger partial charge on any atom is 1.00 e. The van der Waals surface area contributed by atoms with Gasteiger partial charge in [-0.15, -0.1) is 0 Å². The van der Waals surface area contributed by atoms with Gasteiger partial charge in [-0.2, -0.15) is 27.0 Å². The van der Waals surface area contributed by atoms with Crippen LogP contribution >= 0.6 is 27.0 Å². The van der Waals surface area contributed by atoms with Gasteiger partial charge in [0, 0.05) is 47.1 Å². The molecule has 10 rings (SSSR count). The van der Waals surface area contributed by atoms with Gasteiger partial charge >= 0.3 is 39.0 Å². The molecule has 0 aliphatic heterocycles. The quantitative estimate of drug-likeness (QED) is 0.0512. The minimum absolute atomic E-state index is 0. The standard InChI is InChI=1S/2C30H30N2O2.2CHO.2Ru.2H2S/c2*1-19-25-11-5-3-9-21(25)15-23(29(19)33)17-31-27-13-7-8-14-28(27)32-18-24-16-22-10-4-6-12-26(22)20(2)30(24)34;2*1-2;;;;/h2*3-6,9-12,15-18,27-28,33-34H,7-8,13-14H2,1-2H3;2*1H;;;2*1H2/q;;2*-1;2*+1;;/t2*27-,28-;;;;;;/m10....../s1. The monoisotopic (exact) mass is 1230 g/mol. The van der Waals surface area contributed by atoms with Crippen LogP contribution in [0.5, 0.6) is 23.0 Å². The van der Waals surface area contributed by atoms with Crippen LogP contribution in [-0.4, -0.2) is 83.0 Å². The zero-order valence-electron chi connectivity index (χ0n) is 43.1. The van der Waals surface area contributed by atoms with E-state index in [4.69, 9.17) is 29.6 Å². The largest absolute Gasteiger partial charge is 1.00 e. The molecule has 8 aromatic rings. The molecule has 2 saturated carbocycles. The van der Waals surface area contributed by atoms with Crippen LogP contribution in [0.15, 0.2) is 141 Å². The van der Waals surface area contributed by atoms with Gasteiger partial charge in [-0.25, -0.2) is 0 Å². The molecular formula is C62H66N4O6Ru2S2. The predicted molar refractivity (Wildman–Crippen MR) is 318 cm³/mol. The van der Waals surface area contributed by atoms with Crippen molar-refractivity contribution in [3.63, 3.8) is 0 Å². The Kier molecular flexibility index (Phi) is 25.9. The number of aliphatic imine (C=N–C) groups is 4. The topological polar surface area (TPSA) is 164 Å². The normalized spacial score (nSPS) is 17.1. The first-order valence-corrected chi connectivity index (χ1v) is 24.5. The number of carbonyl (C=O) groups excluding carboxylic acids is 2. The summed E-state index contributed by atoms with van der Waals surface area (Å²) in [4.78, 5) is 35.0. The van der Waals surface area contributed by atoms with E-state index in [0.29, 0.717) is 0 Å². The van der Waals surface area contributed by atoms with Gasteiger partial charge in [-0.3, -0.25) is 33.5 Å². The molecular weight excluding hydrogens is 1160 g/mol. The Hall–Kier alpha value is -6.03. The van der Waals surface area contributed by atoms with Crippen LogP contribution in [0.3, 0.4) is 0 Å². The van der Waals surface area contributed by atoms with E-state index in [1.807, 2.05) is 150 Å². The third-order valence-corrected chi connectivity index (χ3v) is 14.2. The summed E-state index contributed by atoms with van der Waals surface area (Å²) in [7, 11) is 0. The number of phenols is 4. The average molecular weight is 1230 g/mol. The Morgan fingerprint density at radius 2 is 0.553 bits per heavy atom. The van der Waals surface area contributed by atoms with Gasteiger partial charge in [0.25, 0.3) is 0 Å². The van der Waals surface area contributed by atoms with Crippen molar-refractivity contribution in [2.75, 3.05) is 0 Å². The van der Waals surface area contributed by atoms with Crippen LogP contribution < -0.4 is 0 Å². The van der Waals surface area contributed by atoms with Gasteiger partial charge in [0.1, 0.15) is 23.0 Å². The summed E-state index contributed by atoms with van der Waals surface area (Å²) in [5.74, 6) is 1.15. The molecule has 2 radical (unpaired) electrons. The number of nitrogens with zero attached hydrogens (tertiary/aromatic N) is 4. The van der Waals surface area contributed by atoms with Crippen LogP contribution in [0.1, 0.15) is 95.9 Å². The fourth-order valence-electron chi connectivity index (χ4n) is 10.2. The number of fused-ring (bicyclic) bond motifs is 4. The van der Waals surface area contributed by atoms with Gasteiger partial charge in [-0.1, -0.05) is 123 Å². The summed E-state index contributed by atoms with van der Waals surface area (Å²) < 4.78 is 0. The first-order valence-electron chi connectivity index (χ1n) is 24.5. The van der Waals surface area contributed by atoms with Crippen LogP contribution in [0.2, 0.25) is 0 Å². The maximum atomic E-state index is 10.7. The molecule has 76 heavy (non-hydrogen) atoms. The summed E-state index contributed by atoms with van der Waals surface area (Å²) in [6, 6.07) is 40.6. The Morgan fingerprint density at radius 1 is 0.368 bits per heavy atom. The predicted octanol–water partition coefficient (Wildman–Crippen LogP) is 13.4. The molecule has 0 heterocycles. The Bertz CT molecular complexity index is 2910. The summed E-state index contributed by atoms with van der Waals surface area (Å²) in [6.45, 7) is 14.3. The Morgan fingerprint density at radius 3 is 0.750 bits per heavy atom. The molecule has 0 saturated heterocycles. The molecule has 2 aliphatic carbocycles. The van der Waals surface area contributed by atoms with E-state index in [1.165, 1.54) is 0 Å². The van der Waals surface area contributed by atoms with Gasteiger partial charge in [0.15, 0.2) is 0 Å². The van der Waals surface area contributed by atoms with Gasteiger partial charge in [0.2, 0.25) is 0 Å². The zero-order chi connectivity index (χ0) is 51.3. The Labute approximate surface area is 486 Å². The van der Waals surface area contributed by atoms with E-state index < -0.39 is 0 Å². The fourth-order valence-corrected chi connectivity index (χ4v) is 10.2. The van der Waals surface area contributed by atoms with Crippen molar-refractivity contribution in [3.05, 3.63) is 166 Å². The molecule has 0 bridgehead atoms. The molecule has 4 N–H and O–H groups in total. The molecule has 0 aromatic heterocycles. The summed E-state index contributed by atoms with van der Waals surface area (Å²) >= 11 is 0. The number of rotatable bonds is 8. The number of aromatic hydroxyl groups is 4. The number of phenolic OH excluding ortho intramolecular Hbond substituents is 4. The molecule has 4 atom stereocenters. The van der Waals surface area contributed by atoms with E-state index in [2.05, 4.69) is 37.8 Å². The van der Waals surface area contributed by atoms with Crippen molar-refractivity contribution >= 4 is 109 Å². The molecule has 0 amide bonds. The number of benzene rings is 8. The van der Waals surface area contributed by atoms with Crippen molar-refractivity contribution in [1.82, 2.24) is 0 Å². The van der Waals surface area contributed by atoms with E-state index >= 15 is 0 Å². The molecule has 8 aromatic carbocycles. The second-order valence-corrected chi connectivity index (χ2v) is 18.6. The summed E-state index contributed by atoms with van der Waals surface area (Å²) in [6.07, 6.45) is 15.6. The SMILES string of the molecule is Cc1c(O)c(C=N[C@@H]2CCCC[C@H]2N=Cc2cc3ccccc3c(C)c2O)cc2ccccc12.Cc1c(O)c(C=N[C@H]2CCCC[C@@H]2N=Cc2cc3ccccc3c(C)c2O)cc2ccccc12.S.S.[CH-]=O.[CH-]=O.[Ru+].[Ru+]. The van der Waals surface area contributed by atoms with Gasteiger partial charge in [0.05, 0.1) is 24.2 Å². The molecule has 0 spiro atoms. The van der Waals surface area contributed by atoms with Crippen LogP contribution in [0.25, 0.3) is 43.1 Å². The third kappa shape index (κ3) is 14.7. The van der Waals surface area contributed by atoms with E-state index in [-0.39, 0.29) is 113 Å². The maximum absolute atomic E-state index is 10.7. The minimum Gasteiger partial charge on any atom is -0.545 e. The van der Waals surface area contributed by atoms with Crippen molar-refractivity contribution in [1.29, 1.82) is 0 Å². The number of hydrogen-bond donors (Lipinski definition) is 4. The van der Waals surface area contributed by atoms with Crippen molar-refractivity contribution in [2.24, 2.45) is 20.0 Å². The Balaban J connectivity index is 0.000000358. The van der Waals surface area contributed by atoms with Crippen LogP contribution in [-0.2, 0) is 48.5 Å². The van der Waals surface area contributed by atoms with E-state index in [9.17, 15) is 20.4 Å². The van der Waals surface area contributed by atoms with Crippen molar-refractivity contribution < 1.29 is 69.0 Å². The second-order valence-electron chi connectivity index (χ2n) is 18.6. The fraction of sp³-hybridized carbons (Fsp3) is 0.258. The van der Waals surface area contributed by atoms with Crippen molar-refractivity contribution in [2.45, 2.75) is 103 Å². The molecule has 14 heteroatoms. The zero-order valence-corrected chi connectivity index (χ0v) is 48.6. The third-order valence-electron chi connectivity index (χ3n) is 14.2. The van der Waals surface area contributed by atoms with E-state index in [0.717, 1.165) is 139 Å². The van der Waals surface area contributed by atoms with Gasteiger partial charge in [-0.05, 0) is 143 Å². The first kappa shape index (κ1) is 64.3. The molecule has 0 unspecified atom stereocenters. The second kappa shape index (κ2) is 30.6. The molecule has 10 nitrogen and oxygen atoms in total. The molecule has 2 fully saturated rings. The number of aryl methyl sites for hydroxylation is 4. The van der Waals surface area contributed by atoms with Crippen molar-refractivity contribution in [3.8, 4) is 23.0 Å². The first-order chi connectivity index (χ1) is 35.0. The number of hydrogen-bond acceptors (Lipinski definition) is 10.